The highest BCUT2D eigenvalue weighted by molar-refractivity contribution is 4.62. The lowest BCUT2D eigenvalue weighted by atomic mass is 10.1. The Hall–Kier alpha value is -0.290. The molecule has 1 unspecified atom stereocenters. The summed E-state index contributed by atoms with van der Waals surface area (Å²) in [7, 11) is 0. The molecule has 0 radical (unpaired) electrons. The molecule has 0 saturated carbocycles. The van der Waals surface area contributed by atoms with Crippen LogP contribution < -0.4 is 0 Å². The Kier molecular flexibility index (Phi) is 3.99. The van der Waals surface area contributed by atoms with Crippen molar-refractivity contribution in [3.8, 4) is 0 Å². The molecule has 0 amide bonds. The average molecular weight is 198 g/mol. The normalized spacial score (nSPS) is 24.7. The Bertz CT molecular complexity index is 141. The van der Waals surface area contributed by atoms with Crippen LogP contribution in [0.4, 0.5) is 13.2 Å². The SMILES string of the molecule is FC(F)(F)COCC1CCCCO1. The largest absolute Gasteiger partial charge is 0.411 e. The van der Waals surface area contributed by atoms with E-state index >= 15 is 0 Å². The number of alkyl halides is 3. The molecule has 13 heavy (non-hydrogen) atoms. The maximum Gasteiger partial charge on any atom is 0.411 e. The van der Waals surface area contributed by atoms with Gasteiger partial charge in [0.25, 0.3) is 0 Å². The topological polar surface area (TPSA) is 18.5 Å². The molecule has 0 spiro atoms. The summed E-state index contributed by atoms with van der Waals surface area (Å²) in [6.07, 6.45) is -1.56. The quantitative estimate of drug-likeness (QED) is 0.691. The van der Waals surface area contributed by atoms with Crippen molar-refractivity contribution in [2.24, 2.45) is 0 Å². The second kappa shape index (κ2) is 4.81. The number of hydrogen-bond donors (Lipinski definition) is 0. The van der Waals surface area contributed by atoms with Gasteiger partial charge in [-0.15, -0.1) is 0 Å². The highest BCUT2D eigenvalue weighted by Crippen LogP contribution is 2.17. The second-order valence-electron chi connectivity index (χ2n) is 3.12. The Morgan fingerprint density at radius 3 is 2.62 bits per heavy atom. The summed E-state index contributed by atoms with van der Waals surface area (Å²) >= 11 is 0. The Balaban J connectivity index is 2.04. The van der Waals surface area contributed by atoms with E-state index in [9.17, 15) is 13.2 Å². The fourth-order valence-electron chi connectivity index (χ4n) is 1.24. The molecule has 1 aliphatic rings. The molecule has 0 aromatic heterocycles. The van der Waals surface area contributed by atoms with E-state index in [1.165, 1.54) is 0 Å². The first-order valence-corrected chi connectivity index (χ1v) is 4.34. The fraction of sp³-hybridized carbons (Fsp3) is 1.00. The van der Waals surface area contributed by atoms with Crippen LogP contribution in [0.25, 0.3) is 0 Å². The lowest BCUT2D eigenvalue weighted by Crippen LogP contribution is -2.27. The molecule has 0 bridgehead atoms. The smallest absolute Gasteiger partial charge is 0.376 e. The molecule has 1 fully saturated rings. The Labute approximate surface area is 75.0 Å². The van der Waals surface area contributed by atoms with Crippen LogP contribution in [0.3, 0.4) is 0 Å². The van der Waals surface area contributed by atoms with Crippen LogP contribution in [0.2, 0.25) is 0 Å². The van der Waals surface area contributed by atoms with Crippen LogP contribution in [-0.2, 0) is 9.47 Å². The third-order valence-corrected chi connectivity index (χ3v) is 1.84. The molecular weight excluding hydrogens is 185 g/mol. The van der Waals surface area contributed by atoms with Crippen LogP contribution in [-0.4, -0.2) is 32.1 Å². The van der Waals surface area contributed by atoms with Gasteiger partial charge in [-0.1, -0.05) is 0 Å². The predicted octanol–water partition coefficient (Wildman–Crippen LogP) is 2.13. The van der Waals surface area contributed by atoms with Gasteiger partial charge in [-0.2, -0.15) is 13.2 Å². The third-order valence-electron chi connectivity index (χ3n) is 1.84. The lowest BCUT2D eigenvalue weighted by Gasteiger charge is -2.22. The van der Waals surface area contributed by atoms with Crippen molar-refractivity contribution in [1.29, 1.82) is 0 Å². The molecule has 0 aromatic rings. The molecule has 1 aliphatic heterocycles. The van der Waals surface area contributed by atoms with Crippen LogP contribution in [0.15, 0.2) is 0 Å². The number of ether oxygens (including phenoxy) is 2. The zero-order chi connectivity index (χ0) is 9.73. The molecule has 0 aromatic carbocycles. The maximum atomic E-state index is 11.6. The molecule has 5 heteroatoms. The number of halogens is 3. The number of rotatable bonds is 3. The molecule has 78 valence electrons. The van der Waals surface area contributed by atoms with E-state index in [-0.39, 0.29) is 12.7 Å². The third kappa shape index (κ3) is 5.10. The summed E-state index contributed by atoms with van der Waals surface area (Å²) in [5.41, 5.74) is 0. The first kappa shape index (κ1) is 10.8. The van der Waals surface area contributed by atoms with Gasteiger partial charge >= 0.3 is 6.18 Å². The first-order valence-electron chi connectivity index (χ1n) is 4.34. The first-order chi connectivity index (χ1) is 6.08. The fourth-order valence-corrected chi connectivity index (χ4v) is 1.24. The van der Waals surface area contributed by atoms with E-state index < -0.39 is 12.8 Å². The molecule has 2 nitrogen and oxygen atoms in total. The lowest BCUT2D eigenvalue weighted by molar-refractivity contribution is -0.182. The molecule has 1 atom stereocenters. The summed E-state index contributed by atoms with van der Waals surface area (Å²) in [4.78, 5) is 0. The van der Waals surface area contributed by atoms with Gasteiger partial charge < -0.3 is 9.47 Å². The molecule has 1 saturated heterocycles. The van der Waals surface area contributed by atoms with Crippen molar-refractivity contribution in [2.75, 3.05) is 19.8 Å². The molecule has 0 N–H and O–H groups in total. The standard InChI is InChI=1S/C8H13F3O2/c9-8(10,11)6-12-5-7-3-1-2-4-13-7/h7H,1-6H2. The van der Waals surface area contributed by atoms with Crippen molar-refractivity contribution in [2.45, 2.75) is 31.5 Å². The van der Waals surface area contributed by atoms with Gasteiger partial charge in [-0.05, 0) is 19.3 Å². The van der Waals surface area contributed by atoms with E-state index in [2.05, 4.69) is 4.74 Å². The van der Waals surface area contributed by atoms with Gasteiger partial charge in [0.1, 0.15) is 6.61 Å². The van der Waals surface area contributed by atoms with Gasteiger partial charge in [0, 0.05) is 6.61 Å². The van der Waals surface area contributed by atoms with Crippen molar-refractivity contribution in [3.05, 3.63) is 0 Å². The van der Waals surface area contributed by atoms with E-state index in [1.807, 2.05) is 0 Å². The Morgan fingerprint density at radius 2 is 2.08 bits per heavy atom. The van der Waals surface area contributed by atoms with E-state index in [0.29, 0.717) is 6.61 Å². The summed E-state index contributed by atoms with van der Waals surface area (Å²) < 4.78 is 44.6. The Morgan fingerprint density at radius 1 is 1.31 bits per heavy atom. The van der Waals surface area contributed by atoms with Gasteiger partial charge in [-0.25, -0.2) is 0 Å². The zero-order valence-electron chi connectivity index (χ0n) is 7.27. The summed E-state index contributed by atoms with van der Waals surface area (Å²) in [5.74, 6) is 0. The summed E-state index contributed by atoms with van der Waals surface area (Å²) in [5, 5.41) is 0. The highest BCUT2D eigenvalue weighted by atomic mass is 19.4. The van der Waals surface area contributed by atoms with Gasteiger partial charge in [0.15, 0.2) is 0 Å². The van der Waals surface area contributed by atoms with Crippen molar-refractivity contribution >= 4 is 0 Å². The van der Waals surface area contributed by atoms with Crippen LogP contribution in [0.1, 0.15) is 19.3 Å². The monoisotopic (exact) mass is 198 g/mol. The minimum absolute atomic E-state index is 0.0551. The zero-order valence-corrected chi connectivity index (χ0v) is 7.27. The average Bonchev–Trinajstić information content (AvgIpc) is 2.04. The second-order valence-corrected chi connectivity index (χ2v) is 3.12. The van der Waals surface area contributed by atoms with Crippen molar-refractivity contribution < 1.29 is 22.6 Å². The molecular formula is C8H13F3O2. The van der Waals surface area contributed by atoms with Crippen molar-refractivity contribution in [1.82, 2.24) is 0 Å². The van der Waals surface area contributed by atoms with E-state index in [4.69, 9.17) is 4.74 Å². The van der Waals surface area contributed by atoms with Crippen molar-refractivity contribution in [3.63, 3.8) is 0 Å². The molecule has 1 rings (SSSR count). The number of hydrogen-bond acceptors (Lipinski definition) is 2. The van der Waals surface area contributed by atoms with Crippen LogP contribution in [0, 0.1) is 0 Å². The molecule has 0 aliphatic carbocycles. The van der Waals surface area contributed by atoms with Gasteiger partial charge in [0.2, 0.25) is 0 Å². The van der Waals surface area contributed by atoms with Crippen LogP contribution >= 0.6 is 0 Å². The summed E-state index contributed by atoms with van der Waals surface area (Å²) in [6, 6.07) is 0. The maximum absolute atomic E-state index is 11.6. The van der Waals surface area contributed by atoms with Gasteiger partial charge in [-0.3, -0.25) is 0 Å². The van der Waals surface area contributed by atoms with Gasteiger partial charge in [0.05, 0.1) is 12.7 Å². The van der Waals surface area contributed by atoms with E-state index in [1.54, 1.807) is 0 Å². The summed E-state index contributed by atoms with van der Waals surface area (Å²) in [6.45, 7) is -0.480. The molecule has 1 heterocycles. The van der Waals surface area contributed by atoms with E-state index in [0.717, 1.165) is 19.3 Å². The minimum Gasteiger partial charge on any atom is -0.376 e. The predicted molar refractivity (Wildman–Crippen MR) is 40.5 cm³/mol. The minimum atomic E-state index is -4.23. The highest BCUT2D eigenvalue weighted by Gasteiger charge is 2.28. The van der Waals surface area contributed by atoms with Crippen LogP contribution in [0.5, 0.6) is 0 Å².